The smallest absolute Gasteiger partial charge is 0.328 e. The second-order valence-electron chi connectivity index (χ2n) is 7.19. The summed E-state index contributed by atoms with van der Waals surface area (Å²) in [6.45, 7) is 5.70. The number of amides is 2. The van der Waals surface area contributed by atoms with Gasteiger partial charge >= 0.3 is 5.97 Å². The average Bonchev–Trinajstić information content (AvgIpc) is 2.56. The van der Waals surface area contributed by atoms with Gasteiger partial charge in [-0.1, -0.05) is 58.3 Å². The van der Waals surface area contributed by atoms with E-state index in [9.17, 15) is 14.4 Å². The maximum absolute atomic E-state index is 12.1. The monoisotopic (exact) mass is 370 g/mol. The number of ether oxygens (including phenoxy) is 1. The van der Waals surface area contributed by atoms with Crippen LogP contribution in [0, 0.1) is 0 Å². The summed E-state index contributed by atoms with van der Waals surface area (Å²) in [5.41, 5.74) is 5.13. The van der Waals surface area contributed by atoms with Gasteiger partial charge in [0.15, 0.2) is 0 Å². The van der Waals surface area contributed by atoms with Crippen molar-refractivity contribution in [3.8, 4) is 0 Å². The molecule has 0 aromatic rings. The number of rotatable bonds is 16. The minimum absolute atomic E-state index is 0.0379. The summed E-state index contributed by atoms with van der Waals surface area (Å²) < 4.78 is 5.14. The third kappa shape index (κ3) is 14.7. The Morgan fingerprint density at radius 1 is 0.885 bits per heavy atom. The van der Waals surface area contributed by atoms with E-state index >= 15 is 0 Å². The van der Waals surface area contributed by atoms with Crippen LogP contribution in [0.4, 0.5) is 0 Å². The predicted molar refractivity (Wildman–Crippen MR) is 103 cm³/mol. The van der Waals surface area contributed by atoms with E-state index in [1.807, 2.05) is 0 Å². The van der Waals surface area contributed by atoms with Crippen molar-refractivity contribution >= 4 is 17.8 Å². The highest BCUT2D eigenvalue weighted by molar-refractivity contribution is 5.85. The van der Waals surface area contributed by atoms with Crippen LogP contribution in [0.25, 0.3) is 0 Å². The fraction of sp³-hybridized carbons (Fsp3) is 0.850. The van der Waals surface area contributed by atoms with Gasteiger partial charge in [-0.15, -0.1) is 0 Å². The molecular weight excluding hydrogens is 332 g/mol. The third-order valence-corrected chi connectivity index (χ3v) is 4.16. The van der Waals surface area contributed by atoms with Gasteiger partial charge < -0.3 is 15.8 Å². The molecule has 3 N–H and O–H groups in total. The van der Waals surface area contributed by atoms with Crippen molar-refractivity contribution < 1.29 is 19.1 Å². The Hall–Kier alpha value is -1.59. The molecule has 26 heavy (non-hydrogen) atoms. The Kier molecular flexibility index (Phi) is 14.7. The normalized spacial score (nSPS) is 12.0. The number of esters is 1. The van der Waals surface area contributed by atoms with Crippen molar-refractivity contribution in [1.82, 2.24) is 5.32 Å². The van der Waals surface area contributed by atoms with Gasteiger partial charge in [-0.2, -0.15) is 0 Å². The molecular formula is C20H38N2O4. The lowest BCUT2D eigenvalue weighted by molar-refractivity contribution is -0.151. The highest BCUT2D eigenvalue weighted by atomic mass is 16.5. The molecule has 0 heterocycles. The molecule has 152 valence electrons. The summed E-state index contributed by atoms with van der Waals surface area (Å²) in [6.07, 6.45) is 11.0. The van der Waals surface area contributed by atoms with E-state index in [2.05, 4.69) is 12.2 Å². The lowest BCUT2D eigenvalue weighted by Gasteiger charge is -2.18. The quantitative estimate of drug-likeness (QED) is 0.320. The molecule has 0 rings (SSSR count). The van der Waals surface area contributed by atoms with E-state index in [0.717, 1.165) is 19.3 Å². The molecule has 0 spiro atoms. The van der Waals surface area contributed by atoms with Gasteiger partial charge in [-0.3, -0.25) is 9.59 Å². The zero-order valence-electron chi connectivity index (χ0n) is 16.9. The van der Waals surface area contributed by atoms with Crippen molar-refractivity contribution in [1.29, 1.82) is 0 Å². The molecule has 0 aromatic carbocycles. The number of carbonyl (C=O) groups excluding carboxylic acids is 3. The Bertz CT molecular complexity index is 411. The number of hydrogen-bond acceptors (Lipinski definition) is 4. The number of unbranched alkanes of at least 4 members (excludes halogenated alkanes) is 8. The molecule has 2 amide bonds. The van der Waals surface area contributed by atoms with Crippen molar-refractivity contribution in [2.24, 2.45) is 5.73 Å². The molecule has 6 heteroatoms. The molecule has 0 saturated carbocycles. The van der Waals surface area contributed by atoms with E-state index < -0.39 is 17.9 Å². The summed E-state index contributed by atoms with van der Waals surface area (Å²) in [4.78, 5) is 35.0. The van der Waals surface area contributed by atoms with Crippen LogP contribution in [0.3, 0.4) is 0 Å². The van der Waals surface area contributed by atoms with Crippen LogP contribution in [-0.2, 0) is 19.1 Å². The van der Waals surface area contributed by atoms with Gasteiger partial charge in [0.1, 0.15) is 6.04 Å². The summed E-state index contributed by atoms with van der Waals surface area (Å²) in [7, 11) is 0. The van der Waals surface area contributed by atoms with E-state index in [4.69, 9.17) is 10.5 Å². The average molecular weight is 371 g/mol. The van der Waals surface area contributed by atoms with Gasteiger partial charge in [0, 0.05) is 12.8 Å². The van der Waals surface area contributed by atoms with Crippen LogP contribution in [0.15, 0.2) is 0 Å². The molecule has 0 aromatic heterocycles. The summed E-state index contributed by atoms with van der Waals surface area (Å²) >= 11 is 0. The molecule has 0 radical (unpaired) electrons. The number of primary amides is 1. The Morgan fingerprint density at radius 2 is 1.42 bits per heavy atom. The number of carbonyl (C=O) groups is 3. The first-order chi connectivity index (χ1) is 12.4. The van der Waals surface area contributed by atoms with Crippen molar-refractivity contribution in [2.45, 2.75) is 110 Å². The topological polar surface area (TPSA) is 98.5 Å². The minimum atomic E-state index is -0.809. The second kappa shape index (κ2) is 15.6. The van der Waals surface area contributed by atoms with Gasteiger partial charge in [0.25, 0.3) is 0 Å². The summed E-state index contributed by atoms with van der Waals surface area (Å²) in [5.74, 6) is -1.19. The van der Waals surface area contributed by atoms with E-state index in [0.29, 0.717) is 6.42 Å². The van der Waals surface area contributed by atoms with Crippen LogP contribution < -0.4 is 11.1 Å². The summed E-state index contributed by atoms with van der Waals surface area (Å²) in [5, 5.41) is 2.68. The Morgan fingerprint density at radius 3 is 1.92 bits per heavy atom. The zero-order valence-corrected chi connectivity index (χ0v) is 16.9. The first-order valence-corrected chi connectivity index (χ1v) is 10.1. The lowest BCUT2D eigenvalue weighted by atomic mass is 10.1. The molecule has 6 nitrogen and oxygen atoms in total. The van der Waals surface area contributed by atoms with Crippen LogP contribution in [0.1, 0.15) is 97.8 Å². The van der Waals surface area contributed by atoms with Crippen molar-refractivity contribution in [2.75, 3.05) is 0 Å². The van der Waals surface area contributed by atoms with Gasteiger partial charge in [-0.05, 0) is 26.7 Å². The largest absolute Gasteiger partial charge is 0.461 e. The molecule has 0 bridgehead atoms. The predicted octanol–water partition coefficient (Wildman–Crippen LogP) is 3.61. The Balaban J connectivity index is 4.00. The maximum Gasteiger partial charge on any atom is 0.328 e. The minimum Gasteiger partial charge on any atom is -0.461 e. The van der Waals surface area contributed by atoms with Crippen molar-refractivity contribution in [3.05, 3.63) is 0 Å². The molecule has 1 atom stereocenters. The fourth-order valence-corrected chi connectivity index (χ4v) is 2.71. The second-order valence-corrected chi connectivity index (χ2v) is 7.19. The highest BCUT2D eigenvalue weighted by Gasteiger charge is 2.23. The molecule has 0 aliphatic heterocycles. The van der Waals surface area contributed by atoms with Crippen LogP contribution in [-0.4, -0.2) is 29.9 Å². The molecule has 0 aliphatic carbocycles. The van der Waals surface area contributed by atoms with Crippen LogP contribution >= 0.6 is 0 Å². The standard InChI is InChI=1S/C20H38N2O4/c1-4-5-6-7-8-9-10-11-12-13-19(24)22-17(14-15-18(21)23)20(25)26-16(2)3/h16-17H,4-15H2,1-3H3,(H2,21,23)(H,22,24)/t17-/m0/s1. The molecule has 0 fully saturated rings. The third-order valence-electron chi connectivity index (χ3n) is 4.16. The van der Waals surface area contributed by atoms with Gasteiger partial charge in [0.05, 0.1) is 6.10 Å². The summed E-state index contributed by atoms with van der Waals surface area (Å²) in [6, 6.07) is -0.809. The zero-order chi connectivity index (χ0) is 19.8. The first kappa shape index (κ1) is 24.4. The molecule has 0 saturated heterocycles. The van der Waals surface area contributed by atoms with E-state index in [-0.39, 0.29) is 24.9 Å². The van der Waals surface area contributed by atoms with Gasteiger partial charge in [-0.25, -0.2) is 4.79 Å². The van der Waals surface area contributed by atoms with Gasteiger partial charge in [0.2, 0.25) is 11.8 Å². The molecule has 0 aliphatic rings. The lowest BCUT2D eigenvalue weighted by Crippen LogP contribution is -2.43. The number of hydrogen-bond donors (Lipinski definition) is 2. The SMILES string of the molecule is CCCCCCCCCCCC(=O)N[C@@H](CCC(N)=O)C(=O)OC(C)C. The van der Waals surface area contributed by atoms with E-state index in [1.165, 1.54) is 38.5 Å². The van der Waals surface area contributed by atoms with Crippen LogP contribution in [0.2, 0.25) is 0 Å². The number of nitrogens with two attached hydrogens (primary N) is 1. The fourth-order valence-electron chi connectivity index (χ4n) is 2.71. The number of nitrogens with one attached hydrogen (secondary N) is 1. The maximum atomic E-state index is 12.1. The highest BCUT2D eigenvalue weighted by Crippen LogP contribution is 2.11. The van der Waals surface area contributed by atoms with Crippen LogP contribution in [0.5, 0.6) is 0 Å². The van der Waals surface area contributed by atoms with E-state index in [1.54, 1.807) is 13.8 Å². The molecule has 0 unspecified atom stereocenters. The first-order valence-electron chi connectivity index (χ1n) is 10.1. The Labute approximate surface area is 158 Å². The van der Waals surface area contributed by atoms with Crippen molar-refractivity contribution in [3.63, 3.8) is 0 Å².